The van der Waals surface area contributed by atoms with E-state index >= 15 is 0 Å². The van der Waals surface area contributed by atoms with Gasteiger partial charge in [0.2, 0.25) is 0 Å². The molecule has 0 atom stereocenters. The van der Waals surface area contributed by atoms with Gasteiger partial charge in [0.1, 0.15) is 5.75 Å². The molecule has 1 nitrogen and oxygen atoms in total. The Balaban J connectivity index is 1.43. The number of hydrogen-bond donors (Lipinski definition) is 0. The van der Waals surface area contributed by atoms with Gasteiger partial charge in [0.25, 0.3) is 0 Å². The van der Waals surface area contributed by atoms with Crippen molar-refractivity contribution in [3.05, 3.63) is 29.8 Å². The van der Waals surface area contributed by atoms with Crippen molar-refractivity contribution in [3.8, 4) is 17.6 Å². The first-order chi connectivity index (χ1) is 14.9. The summed E-state index contributed by atoms with van der Waals surface area (Å²) in [6.45, 7) is 2.27. The van der Waals surface area contributed by atoms with Crippen LogP contribution < -0.4 is 4.74 Å². The summed E-state index contributed by atoms with van der Waals surface area (Å²) in [5.41, 5.74) is 0.681. The van der Waals surface area contributed by atoms with Gasteiger partial charge in [0.15, 0.2) is 0 Å². The number of ether oxygens (including phenoxy) is 1. The molecule has 2 aliphatic rings. The molecule has 0 aromatic heterocycles. The zero-order valence-electron chi connectivity index (χ0n) is 18.4. The Kier molecular flexibility index (Phi) is 8.69. The molecule has 3 rings (SSSR count). The van der Waals surface area contributed by atoms with Crippen LogP contribution >= 0.6 is 0 Å². The predicted molar refractivity (Wildman–Crippen MR) is 115 cm³/mol. The van der Waals surface area contributed by atoms with Crippen LogP contribution in [0.1, 0.15) is 83.1 Å². The van der Waals surface area contributed by atoms with Gasteiger partial charge >= 0.3 is 12.5 Å². The van der Waals surface area contributed by atoms with Gasteiger partial charge in [-0.15, -0.1) is 0 Å². The van der Waals surface area contributed by atoms with E-state index < -0.39 is 12.5 Å². The van der Waals surface area contributed by atoms with E-state index in [1.165, 1.54) is 82.1 Å². The fourth-order valence-electron chi connectivity index (χ4n) is 5.17. The quantitative estimate of drug-likeness (QED) is 0.309. The van der Waals surface area contributed by atoms with Gasteiger partial charge < -0.3 is 4.74 Å². The Morgan fingerprint density at radius 2 is 1.52 bits per heavy atom. The summed E-state index contributed by atoms with van der Waals surface area (Å²) in [6.07, 6.45) is 6.09. The highest BCUT2D eigenvalue weighted by Gasteiger charge is 2.43. The van der Waals surface area contributed by atoms with Crippen LogP contribution in [0.15, 0.2) is 24.3 Å². The molecule has 2 aliphatic carbocycles. The van der Waals surface area contributed by atoms with Crippen molar-refractivity contribution in [2.75, 3.05) is 0 Å². The van der Waals surface area contributed by atoms with Crippen molar-refractivity contribution < 1.29 is 22.3 Å². The van der Waals surface area contributed by atoms with Crippen LogP contribution in [-0.2, 0) is 0 Å². The topological polar surface area (TPSA) is 9.23 Å². The normalized spacial score (nSPS) is 26.9. The molecule has 0 radical (unpaired) electrons. The van der Waals surface area contributed by atoms with Crippen LogP contribution in [0.4, 0.5) is 17.6 Å². The molecule has 1 aromatic carbocycles. The first-order valence-electron chi connectivity index (χ1n) is 11.8. The van der Waals surface area contributed by atoms with E-state index in [9.17, 15) is 17.6 Å². The Morgan fingerprint density at radius 1 is 0.935 bits per heavy atom. The number of halogens is 4. The fourth-order valence-corrected chi connectivity index (χ4v) is 5.17. The summed E-state index contributed by atoms with van der Waals surface area (Å²) >= 11 is 0. The highest BCUT2D eigenvalue weighted by molar-refractivity contribution is 5.38. The number of rotatable bonds is 7. The standard InChI is InChI=1S/C26H34F4O/c1-2-3-4-19-7-13-22(14-8-19)23-15-9-20(10-16-23)5-6-21-11-17-24(18-12-21)31-26(29,30)25(27)28/h11-12,17-20,22-23,25H,2-4,7-10,13-16H2,1H3/t19-,20-,22-,23-. The Hall–Kier alpha value is -1.70. The van der Waals surface area contributed by atoms with Crippen LogP contribution in [0.25, 0.3) is 0 Å². The lowest BCUT2D eigenvalue weighted by Gasteiger charge is -2.37. The van der Waals surface area contributed by atoms with Gasteiger partial charge in [-0.25, -0.2) is 0 Å². The molecular weight excluding hydrogens is 404 g/mol. The number of benzene rings is 1. The third-order valence-corrected chi connectivity index (χ3v) is 7.08. The molecule has 0 amide bonds. The minimum atomic E-state index is -4.49. The predicted octanol–water partition coefficient (Wildman–Crippen LogP) is 8.08. The molecule has 2 fully saturated rings. The van der Waals surface area contributed by atoms with E-state index in [4.69, 9.17) is 0 Å². The van der Waals surface area contributed by atoms with Gasteiger partial charge in [0, 0.05) is 11.5 Å². The Labute approximate surface area is 183 Å². The maximum Gasteiger partial charge on any atom is 0.461 e. The van der Waals surface area contributed by atoms with Gasteiger partial charge in [-0.1, -0.05) is 50.9 Å². The summed E-state index contributed by atoms with van der Waals surface area (Å²) < 4.78 is 54.4. The minimum Gasteiger partial charge on any atom is -0.428 e. The third-order valence-electron chi connectivity index (χ3n) is 7.08. The summed E-state index contributed by atoms with van der Waals surface area (Å²) in [7, 11) is 0. The highest BCUT2D eigenvalue weighted by Crippen LogP contribution is 2.42. The third kappa shape index (κ3) is 7.16. The second-order valence-corrected chi connectivity index (χ2v) is 9.29. The van der Waals surface area contributed by atoms with Crippen LogP contribution in [-0.4, -0.2) is 12.5 Å². The number of hydrogen-bond acceptors (Lipinski definition) is 1. The molecule has 31 heavy (non-hydrogen) atoms. The van der Waals surface area contributed by atoms with E-state index in [0.717, 1.165) is 30.6 Å². The van der Waals surface area contributed by atoms with Gasteiger partial charge in [-0.05, 0) is 80.5 Å². The second kappa shape index (κ2) is 11.2. The summed E-state index contributed by atoms with van der Waals surface area (Å²) in [6, 6.07) is 5.58. The average molecular weight is 439 g/mol. The second-order valence-electron chi connectivity index (χ2n) is 9.29. The molecule has 0 heterocycles. The molecule has 0 spiro atoms. The summed E-state index contributed by atoms with van der Waals surface area (Å²) in [4.78, 5) is 0. The van der Waals surface area contributed by atoms with Crippen molar-refractivity contribution in [3.63, 3.8) is 0 Å². The molecular formula is C26H34F4O. The maximum absolute atomic E-state index is 13.0. The molecule has 0 bridgehead atoms. The Bertz CT molecular complexity index is 718. The first kappa shape index (κ1) is 24.0. The summed E-state index contributed by atoms with van der Waals surface area (Å²) in [5.74, 6) is 9.20. The van der Waals surface area contributed by atoms with E-state index in [0.29, 0.717) is 11.5 Å². The van der Waals surface area contributed by atoms with E-state index in [1.54, 1.807) is 0 Å². The number of unbranched alkanes of at least 4 members (excludes halogenated alkanes) is 1. The molecule has 1 aromatic rings. The molecule has 172 valence electrons. The zero-order chi connectivity index (χ0) is 22.3. The smallest absolute Gasteiger partial charge is 0.428 e. The lowest BCUT2D eigenvalue weighted by Crippen LogP contribution is -2.33. The number of alkyl halides is 4. The van der Waals surface area contributed by atoms with Gasteiger partial charge in [-0.3, -0.25) is 0 Å². The van der Waals surface area contributed by atoms with Crippen molar-refractivity contribution in [2.45, 2.75) is 90.1 Å². The van der Waals surface area contributed by atoms with Crippen LogP contribution in [0.5, 0.6) is 5.75 Å². The molecule has 0 unspecified atom stereocenters. The zero-order valence-corrected chi connectivity index (χ0v) is 18.4. The van der Waals surface area contributed by atoms with E-state index in [1.807, 2.05) is 0 Å². The first-order valence-corrected chi connectivity index (χ1v) is 11.8. The van der Waals surface area contributed by atoms with Gasteiger partial charge in [-0.2, -0.15) is 17.6 Å². The maximum atomic E-state index is 13.0. The monoisotopic (exact) mass is 438 g/mol. The van der Waals surface area contributed by atoms with Crippen LogP contribution in [0.3, 0.4) is 0 Å². The Morgan fingerprint density at radius 3 is 2.06 bits per heavy atom. The highest BCUT2D eigenvalue weighted by atomic mass is 19.3. The molecule has 0 saturated heterocycles. The molecule has 0 aliphatic heterocycles. The lowest BCUT2D eigenvalue weighted by atomic mass is 9.69. The molecule has 2 saturated carbocycles. The SMILES string of the molecule is CCCC[C@H]1CC[C@H]([C@H]2CC[C@H](C#Cc3ccc(OC(F)(F)C(F)F)cc3)CC2)CC1. The molecule has 5 heteroatoms. The lowest BCUT2D eigenvalue weighted by molar-refractivity contribution is -0.253. The fraction of sp³-hybridized carbons (Fsp3) is 0.692. The molecule has 0 N–H and O–H groups in total. The van der Waals surface area contributed by atoms with Crippen molar-refractivity contribution in [1.82, 2.24) is 0 Å². The van der Waals surface area contributed by atoms with E-state index in [2.05, 4.69) is 23.5 Å². The van der Waals surface area contributed by atoms with E-state index in [-0.39, 0.29) is 5.75 Å². The van der Waals surface area contributed by atoms with Crippen molar-refractivity contribution >= 4 is 0 Å². The minimum absolute atomic E-state index is 0.291. The van der Waals surface area contributed by atoms with Crippen LogP contribution in [0.2, 0.25) is 0 Å². The van der Waals surface area contributed by atoms with Crippen molar-refractivity contribution in [2.24, 2.45) is 23.7 Å². The van der Waals surface area contributed by atoms with Gasteiger partial charge in [0.05, 0.1) is 0 Å². The van der Waals surface area contributed by atoms with Crippen molar-refractivity contribution in [1.29, 1.82) is 0 Å². The average Bonchev–Trinajstić information content (AvgIpc) is 2.78. The largest absolute Gasteiger partial charge is 0.461 e. The van der Waals surface area contributed by atoms with Crippen LogP contribution in [0, 0.1) is 35.5 Å². The summed E-state index contributed by atoms with van der Waals surface area (Å²) in [5, 5.41) is 0.